The Morgan fingerprint density at radius 2 is 1.63 bits per heavy atom. The van der Waals surface area contributed by atoms with Crippen LogP contribution in [0.25, 0.3) is 0 Å². The second kappa shape index (κ2) is 13.5. The van der Waals surface area contributed by atoms with E-state index >= 15 is 0 Å². The maximum Gasteiger partial charge on any atom is 0.242 e. The quantitative estimate of drug-likeness (QED) is 0.351. The normalized spacial score (nSPS) is 13.2. The number of rotatable bonds is 12. The predicted octanol–water partition coefficient (Wildman–Crippen LogP) is 3.70. The van der Waals surface area contributed by atoms with Crippen molar-refractivity contribution in [1.82, 2.24) is 10.2 Å². The molecular formula is C31H37N3O6S. The minimum absolute atomic E-state index is 0.0603. The molecule has 1 aliphatic heterocycles. The van der Waals surface area contributed by atoms with E-state index in [2.05, 4.69) is 5.32 Å². The fourth-order valence-corrected chi connectivity index (χ4v) is 5.84. The second-order valence-corrected chi connectivity index (χ2v) is 11.9. The largest absolute Gasteiger partial charge is 0.486 e. The van der Waals surface area contributed by atoms with E-state index in [4.69, 9.17) is 9.47 Å². The Balaban J connectivity index is 1.55. The average molecular weight is 580 g/mol. The number of hydrogen-bond acceptors (Lipinski definition) is 6. The Hall–Kier alpha value is -4.05. The zero-order valence-electron chi connectivity index (χ0n) is 23.7. The van der Waals surface area contributed by atoms with Gasteiger partial charge in [0.15, 0.2) is 11.5 Å². The molecule has 3 aromatic rings. The summed E-state index contributed by atoms with van der Waals surface area (Å²) in [5.74, 6) is 0.560. The van der Waals surface area contributed by atoms with Crippen molar-refractivity contribution in [2.24, 2.45) is 0 Å². The Morgan fingerprint density at radius 3 is 2.32 bits per heavy atom. The minimum Gasteiger partial charge on any atom is -0.486 e. The first kappa shape index (κ1) is 29.9. The van der Waals surface area contributed by atoms with Crippen molar-refractivity contribution in [2.45, 2.75) is 38.8 Å². The average Bonchev–Trinajstić information content (AvgIpc) is 2.97. The summed E-state index contributed by atoms with van der Waals surface area (Å²) in [4.78, 5) is 28.6. The van der Waals surface area contributed by atoms with Gasteiger partial charge in [0.2, 0.25) is 21.8 Å². The predicted molar refractivity (Wildman–Crippen MR) is 159 cm³/mol. The summed E-state index contributed by atoms with van der Waals surface area (Å²) in [6, 6.07) is 21.6. The van der Waals surface area contributed by atoms with E-state index in [1.807, 2.05) is 61.5 Å². The van der Waals surface area contributed by atoms with Crippen LogP contribution in [0.4, 0.5) is 5.69 Å². The number of ether oxygens (including phenoxy) is 2. The fraction of sp³-hybridized carbons (Fsp3) is 0.355. The van der Waals surface area contributed by atoms with Crippen molar-refractivity contribution < 1.29 is 27.5 Å². The number of aryl methyl sites for hydroxylation is 1. The van der Waals surface area contributed by atoms with Gasteiger partial charge in [-0.3, -0.25) is 13.9 Å². The van der Waals surface area contributed by atoms with Crippen LogP contribution in [0.15, 0.2) is 72.8 Å². The SMILES string of the molecule is CNC(=O)C(Cc1ccccc1)N(Cc1ccccc1C)C(=O)CCCN(c1ccc2c(c1)OCCO2)S(C)(=O)=O. The summed E-state index contributed by atoms with van der Waals surface area (Å²) >= 11 is 0. The number of likely N-dealkylation sites (N-methyl/N-ethyl adjacent to an activating group) is 1. The molecule has 1 atom stereocenters. The molecular weight excluding hydrogens is 542 g/mol. The Bertz CT molecular complexity index is 1460. The number of anilines is 1. The van der Waals surface area contributed by atoms with Crippen LogP contribution in [0.5, 0.6) is 11.5 Å². The zero-order valence-corrected chi connectivity index (χ0v) is 24.5. The molecule has 0 fully saturated rings. The smallest absolute Gasteiger partial charge is 0.242 e. The minimum atomic E-state index is -3.64. The third-order valence-electron chi connectivity index (χ3n) is 7.09. The molecule has 1 aliphatic rings. The van der Waals surface area contributed by atoms with Crippen LogP contribution in [-0.2, 0) is 32.6 Å². The van der Waals surface area contributed by atoms with E-state index in [0.29, 0.717) is 36.8 Å². The number of sulfonamides is 1. The van der Waals surface area contributed by atoms with Crippen molar-refractivity contribution in [3.63, 3.8) is 0 Å². The molecule has 4 rings (SSSR count). The Morgan fingerprint density at radius 1 is 0.951 bits per heavy atom. The number of fused-ring (bicyclic) bond motifs is 1. The van der Waals surface area contributed by atoms with Gasteiger partial charge in [-0.1, -0.05) is 54.6 Å². The number of carbonyl (C=O) groups excluding carboxylic acids is 2. The van der Waals surface area contributed by atoms with Crippen molar-refractivity contribution in [3.8, 4) is 11.5 Å². The summed E-state index contributed by atoms with van der Waals surface area (Å²) in [6.45, 7) is 3.14. The topological polar surface area (TPSA) is 105 Å². The Labute approximate surface area is 242 Å². The molecule has 10 heteroatoms. The van der Waals surface area contributed by atoms with Gasteiger partial charge in [-0.2, -0.15) is 0 Å². The second-order valence-electron chi connectivity index (χ2n) is 10.0. The molecule has 2 amide bonds. The van der Waals surface area contributed by atoms with Crippen molar-refractivity contribution in [3.05, 3.63) is 89.5 Å². The molecule has 218 valence electrons. The summed E-state index contributed by atoms with van der Waals surface area (Å²) in [7, 11) is -2.08. The first-order valence-electron chi connectivity index (χ1n) is 13.6. The van der Waals surface area contributed by atoms with E-state index in [0.717, 1.165) is 22.9 Å². The maximum absolute atomic E-state index is 13.8. The highest BCUT2D eigenvalue weighted by atomic mass is 32.2. The van der Waals surface area contributed by atoms with Gasteiger partial charge in [0.05, 0.1) is 11.9 Å². The monoisotopic (exact) mass is 579 g/mol. The number of nitrogens with zero attached hydrogens (tertiary/aromatic N) is 2. The highest BCUT2D eigenvalue weighted by Crippen LogP contribution is 2.34. The van der Waals surface area contributed by atoms with Crippen LogP contribution in [0, 0.1) is 6.92 Å². The number of benzene rings is 3. The third kappa shape index (κ3) is 7.79. The van der Waals surface area contributed by atoms with Gasteiger partial charge in [-0.15, -0.1) is 0 Å². The molecule has 0 radical (unpaired) electrons. The molecule has 0 spiro atoms. The van der Waals surface area contributed by atoms with Crippen LogP contribution >= 0.6 is 0 Å². The van der Waals surface area contributed by atoms with Crippen LogP contribution in [0.3, 0.4) is 0 Å². The zero-order chi connectivity index (χ0) is 29.4. The first-order valence-corrected chi connectivity index (χ1v) is 15.5. The standard InChI is InChI=1S/C31H37N3O6S/c1-23-10-7-8-13-25(23)22-33(27(31(36)32-2)20-24-11-5-4-6-12-24)30(35)14-9-17-34(41(3,37)38)26-15-16-28-29(21-26)40-19-18-39-28/h4-8,10-13,15-16,21,27H,9,14,17-20,22H2,1-3H3,(H,32,36). The van der Waals surface area contributed by atoms with Gasteiger partial charge >= 0.3 is 0 Å². The molecule has 3 aromatic carbocycles. The van der Waals surface area contributed by atoms with E-state index in [1.54, 1.807) is 30.1 Å². The van der Waals surface area contributed by atoms with E-state index < -0.39 is 16.1 Å². The summed E-state index contributed by atoms with van der Waals surface area (Å²) in [6.07, 6.45) is 1.81. The number of amides is 2. The highest BCUT2D eigenvalue weighted by molar-refractivity contribution is 7.92. The van der Waals surface area contributed by atoms with Crippen molar-refractivity contribution in [2.75, 3.05) is 37.4 Å². The molecule has 0 bridgehead atoms. The molecule has 0 saturated heterocycles. The lowest BCUT2D eigenvalue weighted by Gasteiger charge is -2.32. The molecule has 41 heavy (non-hydrogen) atoms. The van der Waals surface area contributed by atoms with E-state index in [-0.39, 0.29) is 37.7 Å². The highest BCUT2D eigenvalue weighted by Gasteiger charge is 2.30. The maximum atomic E-state index is 13.8. The lowest BCUT2D eigenvalue weighted by molar-refractivity contribution is -0.141. The van der Waals surface area contributed by atoms with Gasteiger partial charge in [-0.25, -0.2) is 8.42 Å². The lowest BCUT2D eigenvalue weighted by atomic mass is 10.0. The van der Waals surface area contributed by atoms with E-state index in [1.165, 1.54) is 4.31 Å². The lowest BCUT2D eigenvalue weighted by Crippen LogP contribution is -2.50. The summed E-state index contributed by atoms with van der Waals surface area (Å²) < 4.78 is 37.9. The first-order chi connectivity index (χ1) is 19.7. The molecule has 9 nitrogen and oxygen atoms in total. The van der Waals surface area contributed by atoms with E-state index in [9.17, 15) is 18.0 Å². The van der Waals surface area contributed by atoms with Crippen molar-refractivity contribution >= 4 is 27.5 Å². The number of nitrogens with one attached hydrogen (secondary N) is 1. The van der Waals surface area contributed by atoms with Gasteiger partial charge in [0.1, 0.15) is 19.3 Å². The van der Waals surface area contributed by atoms with Gasteiger partial charge in [-0.05, 0) is 42.2 Å². The molecule has 0 aromatic heterocycles. The van der Waals surface area contributed by atoms with Crippen LogP contribution in [0.2, 0.25) is 0 Å². The van der Waals surface area contributed by atoms with Gasteiger partial charge < -0.3 is 19.7 Å². The summed E-state index contributed by atoms with van der Waals surface area (Å²) in [5, 5.41) is 2.72. The Kier molecular flexibility index (Phi) is 9.88. The summed E-state index contributed by atoms with van der Waals surface area (Å²) in [5.41, 5.74) is 3.33. The van der Waals surface area contributed by atoms with Gasteiger partial charge in [0.25, 0.3) is 0 Å². The molecule has 1 unspecified atom stereocenters. The fourth-order valence-electron chi connectivity index (χ4n) is 4.88. The molecule has 1 N–H and O–H groups in total. The number of carbonyl (C=O) groups is 2. The molecule has 0 saturated carbocycles. The van der Waals surface area contributed by atoms with Crippen molar-refractivity contribution in [1.29, 1.82) is 0 Å². The molecule has 0 aliphatic carbocycles. The van der Waals surface area contributed by atoms with Crippen LogP contribution < -0.4 is 19.1 Å². The molecule has 1 heterocycles. The van der Waals surface area contributed by atoms with Gasteiger partial charge in [0, 0.05) is 39.0 Å². The number of hydrogen-bond donors (Lipinski definition) is 1. The van der Waals surface area contributed by atoms with Crippen LogP contribution in [0.1, 0.15) is 29.5 Å². The third-order valence-corrected chi connectivity index (χ3v) is 8.28. The van der Waals surface area contributed by atoms with Crippen LogP contribution in [-0.4, -0.2) is 64.2 Å².